The van der Waals surface area contributed by atoms with Gasteiger partial charge in [0.1, 0.15) is 5.04 Å². The number of nitrogens with zero attached hydrogens (tertiary/aromatic N) is 3. The minimum Gasteiger partial charge on any atom is -0.282 e. The van der Waals surface area contributed by atoms with Crippen molar-refractivity contribution in [2.45, 2.75) is 52.4 Å². The van der Waals surface area contributed by atoms with Gasteiger partial charge in [0, 0.05) is 0 Å². The number of benzene rings is 1. The fourth-order valence-corrected chi connectivity index (χ4v) is 3.87. The molecule has 2 heterocycles. The van der Waals surface area contributed by atoms with Gasteiger partial charge in [0.25, 0.3) is 5.91 Å². The molecule has 0 aromatic heterocycles. The van der Waals surface area contributed by atoms with Gasteiger partial charge in [0.2, 0.25) is 5.17 Å². The Kier molecular flexibility index (Phi) is 6.04. The number of amidine groups is 2. The molecule has 0 atom stereocenters. The third-order valence-corrected chi connectivity index (χ3v) is 5.31. The molecule has 6 heteroatoms. The van der Waals surface area contributed by atoms with Gasteiger partial charge in [-0.3, -0.25) is 10.2 Å². The third kappa shape index (κ3) is 4.30. The van der Waals surface area contributed by atoms with Crippen molar-refractivity contribution in [3.05, 3.63) is 41.0 Å². The van der Waals surface area contributed by atoms with Crippen LogP contribution in [0.4, 0.5) is 0 Å². The number of amides is 1. The highest BCUT2D eigenvalue weighted by Gasteiger charge is 2.35. The molecule has 1 amide bonds. The van der Waals surface area contributed by atoms with E-state index in [4.69, 9.17) is 5.41 Å². The van der Waals surface area contributed by atoms with Gasteiger partial charge in [-0.25, -0.2) is 0 Å². The first-order valence-electron chi connectivity index (χ1n) is 9.14. The maximum atomic E-state index is 12.4. The van der Waals surface area contributed by atoms with Gasteiger partial charge < -0.3 is 0 Å². The summed E-state index contributed by atoms with van der Waals surface area (Å²) in [6, 6.07) is 7.84. The van der Waals surface area contributed by atoms with Crippen LogP contribution in [0.3, 0.4) is 0 Å². The van der Waals surface area contributed by atoms with Crippen molar-refractivity contribution in [3.8, 4) is 0 Å². The van der Waals surface area contributed by atoms with Gasteiger partial charge in [-0.15, -0.1) is 0 Å². The van der Waals surface area contributed by atoms with Gasteiger partial charge in [0.05, 0.1) is 5.57 Å². The van der Waals surface area contributed by atoms with Crippen LogP contribution < -0.4 is 0 Å². The molecule has 5 nitrogen and oxygen atoms in total. The van der Waals surface area contributed by atoms with Crippen LogP contribution in [-0.2, 0) is 4.79 Å². The SMILES string of the molecule is CCCCCCCC1=NN2C(=N)C(=Cc3cccc(C)c3)C(=O)N=C2S1. The van der Waals surface area contributed by atoms with Gasteiger partial charge in [-0.05, 0) is 43.2 Å². The number of carbonyl (C=O) groups excluding carboxylic acids is 1. The quantitative estimate of drug-likeness (QED) is 0.545. The lowest BCUT2D eigenvalue weighted by molar-refractivity contribution is -0.114. The summed E-state index contributed by atoms with van der Waals surface area (Å²) >= 11 is 1.41. The Bertz CT molecular complexity index is 810. The molecule has 0 radical (unpaired) electrons. The molecule has 136 valence electrons. The molecular formula is C20H24N4OS. The number of carbonyl (C=O) groups is 1. The van der Waals surface area contributed by atoms with Crippen LogP contribution >= 0.6 is 11.8 Å². The average Bonchev–Trinajstić information content (AvgIpc) is 3.01. The fraction of sp³-hybridized carbons (Fsp3) is 0.400. The highest BCUT2D eigenvalue weighted by molar-refractivity contribution is 8.26. The van der Waals surface area contributed by atoms with E-state index >= 15 is 0 Å². The number of nitrogens with one attached hydrogen (secondary N) is 1. The van der Waals surface area contributed by atoms with E-state index in [1.54, 1.807) is 6.08 Å². The van der Waals surface area contributed by atoms with E-state index < -0.39 is 0 Å². The maximum absolute atomic E-state index is 12.4. The van der Waals surface area contributed by atoms with E-state index in [1.807, 2.05) is 31.2 Å². The van der Waals surface area contributed by atoms with Crippen molar-refractivity contribution < 1.29 is 4.79 Å². The molecule has 0 saturated carbocycles. The van der Waals surface area contributed by atoms with Crippen LogP contribution in [0.1, 0.15) is 56.6 Å². The highest BCUT2D eigenvalue weighted by atomic mass is 32.2. The number of fused-ring (bicyclic) bond motifs is 1. The largest absolute Gasteiger partial charge is 0.283 e. The number of aryl methyl sites for hydroxylation is 1. The van der Waals surface area contributed by atoms with Gasteiger partial charge in [-0.2, -0.15) is 15.1 Å². The van der Waals surface area contributed by atoms with Gasteiger partial charge in [-0.1, -0.05) is 62.4 Å². The van der Waals surface area contributed by atoms with Crippen LogP contribution in [-0.4, -0.2) is 27.0 Å². The lowest BCUT2D eigenvalue weighted by Crippen LogP contribution is -2.35. The van der Waals surface area contributed by atoms with Crippen LogP contribution in [0.25, 0.3) is 6.08 Å². The second-order valence-electron chi connectivity index (χ2n) is 6.59. The zero-order valence-corrected chi connectivity index (χ0v) is 16.1. The number of unbranched alkanes of at least 4 members (excludes halogenated alkanes) is 4. The normalized spacial score (nSPS) is 18.2. The molecule has 0 unspecified atom stereocenters. The Morgan fingerprint density at radius 1 is 1.23 bits per heavy atom. The second-order valence-corrected chi connectivity index (χ2v) is 7.63. The first kappa shape index (κ1) is 18.6. The van der Waals surface area contributed by atoms with E-state index in [0.717, 1.165) is 29.0 Å². The smallest absolute Gasteiger partial charge is 0.282 e. The molecule has 0 bridgehead atoms. The number of thioether (sulfide) groups is 1. The molecule has 0 spiro atoms. The van der Waals surface area contributed by atoms with Crippen molar-refractivity contribution in [3.63, 3.8) is 0 Å². The van der Waals surface area contributed by atoms with Gasteiger partial charge in [0.15, 0.2) is 5.84 Å². The molecule has 1 aromatic rings. The number of hydrazone groups is 1. The number of hydrogen-bond acceptors (Lipinski definition) is 4. The highest BCUT2D eigenvalue weighted by Crippen LogP contribution is 2.30. The molecule has 26 heavy (non-hydrogen) atoms. The first-order chi connectivity index (χ1) is 12.6. The van der Waals surface area contributed by atoms with Crippen LogP contribution in [0.5, 0.6) is 0 Å². The Balaban J connectivity index is 1.71. The predicted molar refractivity (Wildman–Crippen MR) is 110 cm³/mol. The molecular weight excluding hydrogens is 344 g/mol. The van der Waals surface area contributed by atoms with Crippen molar-refractivity contribution in [1.29, 1.82) is 5.41 Å². The second kappa shape index (κ2) is 8.45. The van der Waals surface area contributed by atoms with Gasteiger partial charge >= 0.3 is 0 Å². The maximum Gasteiger partial charge on any atom is 0.283 e. The molecule has 2 aliphatic rings. The minimum absolute atomic E-state index is 0.106. The summed E-state index contributed by atoms with van der Waals surface area (Å²) in [5, 5.41) is 15.9. The molecule has 1 aromatic carbocycles. The predicted octanol–water partition coefficient (Wildman–Crippen LogP) is 4.97. The van der Waals surface area contributed by atoms with E-state index in [2.05, 4.69) is 17.0 Å². The summed E-state index contributed by atoms with van der Waals surface area (Å²) in [4.78, 5) is 16.5. The summed E-state index contributed by atoms with van der Waals surface area (Å²) in [6.45, 7) is 4.21. The minimum atomic E-state index is -0.366. The monoisotopic (exact) mass is 368 g/mol. The topological polar surface area (TPSA) is 68.9 Å². The molecule has 0 aliphatic carbocycles. The summed E-state index contributed by atoms with van der Waals surface area (Å²) in [6.07, 6.45) is 8.62. The lowest BCUT2D eigenvalue weighted by Gasteiger charge is -2.20. The molecule has 2 aliphatic heterocycles. The molecule has 0 fully saturated rings. The Hall–Kier alpha value is -2.21. The van der Waals surface area contributed by atoms with Crippen LogP contribution in [0.15, 0.2) is 39.9 Å². The molecule has 0 saturated heterocycles. The lowest BCUT2D eigenvalue weighted by atomic mass is 10.1. The zero-order chi connectivity index (χ0) is 18.5. The van der Waals surface area contributed by atoms with Crippen LogP contribution in [0.2, 0.25) is 0 Å². The summed E-state index contributed by atoms with van der Waals surface area (Å²) in [7, 11) is 0. The van der Waals surface area contributed by atoms with E-state index in [-0.39, 0.29) is 17.3 Å². The first-order valence-corrected chi connectivity index (χ1v) is 9.96. The van der Waals surface area contributed by atoms with E-state index in [9.17, 15) is 4.79 Å². The zero-order valence-electron chi connectivity index (χ0n) is 15.3. The average molecular weight is 369 g/mol. The Morgan fingerprint density at radius 3 is 2.81 bits per heavy atom. The molecule has 3 rings (SSSR count). The number of aliphatic imine (C=N–C) groups is 1. The summed E-state index contributed by atoms with van der Waals surface area (Å²) < 4.78 is 0. The fourth-order valence-electron chi connectivity index (χ4n) is 2.94. The van der Waals surface area contributed by atoms with Crippen LogP contribution in [0, 0.1) is 12.3 Å². The summed E-state index contributed by atoms with van der Waals surface area (Å²) in [5.74, 6) is -0.260. The van der Waals surface area contributed by atoms with Crippen molar-refractivity contribution in [1.82, 2.24) is 5.01 Å². The van der Waals surface area contributed by atoms with E-state index in [0.29, 0.717) is 5.17 Å². The Morgan fingerprint density at radius 2 is 2.04 bits per heavy atom. The van der Waals surface area contributed by atoms with E-state index in [1.165, 1.54) is 42.5 Å². The van der Waals surface area contributed by atoms with Crippen molar-refractivity contribution in [2.24, 2.45) is 10.1 Å². The Labute approximate surface area is 158 Å². The molecule has 1 N–H and O–H groups in total. The summed E-state index contributed by atoms with van der Waals surface area (Å²) in [5.41, 5.74) is 2.29. The van der Waals surface area contributed by atoms with Crippen molar-refractivity contribution in [2.75, 3.05) is 0 Å². The third-order valence-electron chi connectivity index (χ3n) is 4.34. The number of rotatable bonds is 7. The van der Waals surface area contributed by atoms with Crippen molar-refractivity contribution >= 4 is 39.8 Å². The standard InChI is InChI=1S/C20H24N4OS/c1-3-4-5-6-7-11-17-23-24-18(21)16(19(25)22-20(24)26-17)13-15-10-8-9-14(2)12-15/h8-10,12-13,21H,3-7,11H2,1-2H3. The number of hydrogen-bond donors (Lipinski definition) is 1.